The van der Waals surface area contributed by atoms with E-state index in [9.17, 15) is 13.6 Å². The van der Waals surface area contributed by atoms with E-state index in [1.807, 2.05) is 0 Å². The van der Waals surface area contributed by atoms with Crippen LogP contribution in [-0.4, -0.2) is 17.3 Å². The molecule has 8 heteroatoms. The van der Waals surface area contributed by atoms with E-state index in [0.29, 0.717) is 9.35 Å². The van der Waals surface area contributed by atoms with Gasteiger partial charge in [0.05, 0.1) is 19.7 Å². The van der Waals surface area contributed by atoms with Crippen LogP contribution in [0.25, 0.3) is 0 Å². The smallest absolute Gasteiger partial charge is 0.318 e. The first kappa shape index (κ1) is 13.5. The van der Waals surface area contributed by atoms with Crippen molar-refractivity contribution < 1.29 is 13.6 Å². The minimum absolute atomic E-state index is 0.337. The van der Waals surface area contributed by atoms with Crippen LogP contribution in [0, 0.1) is 0 Å². The van der Waals surface area contributed by atoms with Crippen LogP contribution in [0.2, 0.25) is 0 Å². The zero-order chi connectivity index (χ0) is 11.6. The monoisotopic (exact) mass is 425 g/mol. The van der Waals surface area contributed by atoms with E-state index < -0.39 is 17.3 Å². The van der Waals surface area contributed by atoms with Crippen molar-refractivity contribution in [2.24, 2.45) is 0 Å². The minimum atomic E-state index is -3.08. The van der Waals surface area contributed by atoms with Gasteiger partial charge in [-0.05, 0) is 53.9 Å². The van der Waals surface area contributed by atoms with Gasteiger partial charge in [-0.3, -0.25) is 4.79 Å². The number of carbonyl (C=O) groups excluding carboxylic acids is 1. The summed E-state index contributed by atoms with van der Waals surface area (Å²) >= 11 is 9.80. The minimum Gasteiger partial charge on any atom is -0.345 e. The van der Waals surface area contributed by atoms with Crippen LogP contribution < -0.4 is 5.32 Å². The molecule has 1 N–H and O–H groups in total. The summed E-state index contributed by atoms with van der Waals surface area (Å²) in [6, 6.07) is 1.57. The number of thiophene rings is 1. The molecule has 1 aromatic rings. The van der Waals surface area contributed by atoms with Crippen LogP contribution in [0.5, 0.6) is 0 Å². The number of hydrogen-bond donors (Lipinski definition) is 1. The summed E-state index contributed by atoms with van der Waals surface area (Å²) in [6.45, 7) is -0.744. The van der Waals surface area contributed by atoms with Gasteiger partial charge in [0.2, 0.25) is 0 Å². The van der Waals surface area contributed by atoms with E-state index in [2.05, 4.69) is 53.1 Å². The molecule has 1 aromatic heterocycles. The number of alkyl halides is 3. The lowest BCUT2D eigenvalue weighted by atomic mass is 10.3. The molecule has 0 radical (unpaired) electrons. The van der Waals surface area contributed by atoms with Crippen LogP contribution in [0.3, 0.4) is 0 Å². The van der Waals surface area contributed by atoms with E-state index in [0.717, 1.165) is 3.79 Å². The van der Waals surface area contributed by atoms with Gasteiger partial charge in [0.25, 0.3) is 5.91 Å². The Balaban J connectivity index is 2.66. The lowest BCUT2D eigenvalue weighted by molar-refractivity contribution is 0.0835. The fourth-order valence-electron chi connectivity index (χ4n) is 0.771. The molecule has 84 valence electrons. The van der Waals surface area contributed by atoms with Crippen LogP contribution >= 0.6 is 59.1 Å². The molecule has 0 aliphatic rings. The quantitative estimate of drug-likeness (QED) is 0.726. The van der Waals surface area contributed by atoms with Crippen molar-refractivity contribution in [3.63, 3.8) is 0 Å². The first-order chi connectivity index (χ1) is 6.79. The average molecular weight is 428 g/mol. The number of rotatable bonds is 3. The van der Waals surface area contributed by atoms with Crippen molar-refractivity contribution in [3.05, 3.63) is 19.2 Å². The predicted molar refractivity (Wildman–Crippen MR) is 65.9 cm³/mol. The molecule has 0 unspecified atom stereocenters. The van der Waals surface area contributed by atoms with E-state index in [1.54, 1.807) is 6.07 Å². The third kappa shape index (κ3) is 4.46. The molecule has 0 aromatic carbocycles. The Morgan fingerprint density at radius 3 is 2.53 bits per heavy atom. The summed E-state index contributed by atoms with van der Waals surface area (Å²) < 4.78 is 26.1. The second kappa shape index (κ2) is 5.20. The largest absolute Gasteiger partial charge is 0.345 e. The van der Waals surface area contributed by atoms with Crippen molar-refractivity contribution >= 4 is 65.0 Å². The SMILES string of the molecule is O=C(NCC(F)(F)Br)c1cc(Br)sc1Br. The summed E-state index contributed by atoms with van der Waals surface area (Å²) in [7, 11) is 0. The zero-order valence-corrected chi connectivity index (χ0v) is 12.6. The van der Waals surface area contributed by atoms with E-state index >= 15 is 0 Å². The molecule has 1 heterocycles. The number of amides is 1. The maximum Gasteiger partial charge on any atom is 0.318 e. The standard InChI is InChI=1S/C7H4Br3F2NOS/c8-4-1-3(5(9)15-4)6(14)13-2-7(10,11)12/h1H,2H2,(H,13,14). The third-order valence-corrected chi connectivity index (χ3v) is 3.97. The Hall–Kier alpha value is 0.470. The second-order valence-corrected chi connectivity index (χ2v) is 7.45. The fraction of sp³-hybridized carbons (Fsp3) is 0.286. The van der Waals surface area contributed by atoms with E-state index in [4.69, 9.17) is 0 Å². The maximum absolute atomic E-state index is 12.4. The summed E-state index contributed by atoms with van der Waals surface area (Å²) in [4.78, 5) is 8.34. The Bertz CT molecular complexity index is 377. The molecule has 2 nitrogen and oxygen atoms in total. The van der Waals surface area contributed by atoms with Gasteiger partial charge < -0.3 is 5.32 Å². The maximum atomic E-state index is 12.4. The van der Waals surface area contributed by atoms with Gasteiger partial charge in [0.15, 0.2) is 0 Å². The highest BCUT2D eigenvalue weighted by molar-refractivity contribution is 9.12. The van der Waals surface area contributed by atoms with Gasteiger partial charge in [-0.25, -0.2) is 0 Å². The van der Waals surface area contributed by atoms with E-state index in [1.165, 1.54) is 11.3 Å². The molecule has 1 rings (SSSR count). The zero-order valence-electron chi connectivity index (χ0n) is 6.99. The van der Waals surface area contributed by atoms with Gasteiger partial charge in [-0.15, -0.1) is 11.3 Å². The summed E-state index contributed by atoms with van der Waals surface area (Å²) in [5.41, 5.74) is 0.337. The van der Waals surface area contributed by atoms with Crippen LogP contribution in [0.15, 0.2) is 13.6 Å². The topological polar surface area (TPSA) is 29.1 Å². The fourth-order valence-corrected chi connectivity index (χ4v) is 3.70. The molecule has 0 fully saturated rings. The molecule has 0 atom stereocenters. The number of halogens is 5. The molecule has 0 spiro atoms. The molecule has 0 bridgehead atoms. The van der Waals surface area contributed by atoms with Crippen LogP contribution in [-0.2, 0) is 0 Å². The van der Waals surface area contributed by atoms with Crippen molar-refractivity contribution in [3.8, 4) is 0 Å². The van der Waals surface area contributed by atoms with Crippen molar-refractivity contribution in [2.45, 2.75) is 4.83 Å². The Kier molecular flexibility index (Phi) is 4.69. The molecular weight excluding hydrogens is 424 g/mol. The van der Waals surface area contributed by atoms with E-state index in [-0.39, 0.29) is 0 Å². The number of hydrogen-bond acceptors (Lipinski definition) is 2. The van der Waals surface area contributed by atoms with Gasteiger partial charge in [0, 0.05) is 0 Å². The average Bonchev–Trinajstić information content (AvgIpc) is 2.40. The molecule has 0 aliphatic heterocycles. The summed E-state index contributed by atoms with van der Waals surface area (Å²) in [6.07, 6.45) is 0. The lowest BCUT2D eigenvalue weighted by Crippen LogP contribution is -2.32. The Morgan fingerprint density at radius 1 is 1.53 bits per heavy atom. The molecule has 0 saturated carbocycles. The molecular formula is C7H4Br3F2NOS. The van der Waals surface area contributed by atoms with Gasteiger partial charge in [-0.1, -0.05) is 0 Å². The second-order valence-electron chi connectivity index (χ2n) is 2.54. The highest BCUT2D eigenvalue weighted by Gasteiger charge is 2.25. The van der Waals surface area contributed by atoms with Crippen molar-refractivity contribution in [1.29, 1.82) is 0 Å². The first-order valence-electron chi connectivity index (χ1n) is 3.59. The van der Waals surface area contributed by atoms with Crippen LogP contribution in [0.1, 0.15) is 10.4 Å². The predicted octanol–water partition coefficient (Wildman–Crippen LogP) is 3.99. The van der Waals surface area contributed by atoms with Gasteiger partial charge in [-0.2, -0.15) is 8.78 Å². The third-order valence-electron chi connectivity index (χ3n) is 1.35. The van der Waals surface area contributed by atoms with Crippen molar-refractivity contribution in [2.75, 3.05) is 6.54 Å². The summed E-state index contributed by atoms with van der Waals surface area (Å²) in [5, 5.41) is 2.11. The Morgan fingerprint density at radius 2 is 2.13 bits per heavy atom. The molecule has 1 amide bonds. The molecule has 0 saturated heterocycles. The first-order valence-corrected chi connectivity index (χ1v) is 6.79. The van der Waals surface area contributed by atoms with Crippen molar-refractivity contribution in [1.82, 2.24) is 5.32 Å². The Labute approximate surface area is 114 Å². The van der Waals surface area contributed by atoms with Gasteiger partial charge >= 0.3 is 4.83 Å². The van der Waals surface area contributed by atoms with Gasteiger partial charge in [0.1, 0.15) is 0 Å². The summed E-state index contributed by atoms with van der Waals surface area (Å²) in [5.74, 6) is -0.539. The molecule has 15 heavy (non-hydrogen) atoms. The number of carbonyl (C=O) groups is 1. The van der Waals surface area contributed by atoms with Crippen LogP contribution in [0.4, 0.5) is 8.78 Å². The number of nitrogens with one attached hydrogen (secondary N) is 1. The molecule has 0 aliphatic carbocycles. The highest BCUT2D eigenvalue weighted by atomic mass is 79.9. The highest BCUT2D eigenvalue weighted by Crippen LogP contribution is 2.31. The lowest BCUT2D eigenvalue weighted by Gasteiger charge is -2.09. The normalized spacial score (nSPS) is 11.5.